The molecule has 0 saturated heterocycles. The predicted molar refractivity (Wildman–Crippen MR) is 131 cm³/mol. The first kappa shape index (κ1) is 23.3. The zero-order chi connectivity index (χ0) is 23.3. The smallest absolute Gasteiger partial charge is 0.270 e. The highest BCUT2D eigenvalue weighted by atomic mass is 79.9. The number of hydrogen-bond donors (Lipinski definition) is 0. The summed E-state index contributed by atoms with van der Waals surface area (Å²) < 4.78 is 62.5. The summed E-state index contributed by atoms with van der Waals surface area (Å²) in [5.41, 5.74) is 0.398. The van der Waals surface area contributed by atoms with Gasteiger partial charge in [0.05, 0.1) is 14.2 Å². The third-order valence-electron chi connectivity index (χ3n) is 5.10. The van der Waals surface area contributed by atoms with Gasteiger partial charge in [-0.2, -0.15) is 16.8 Å². The zero-order valence-electron chi connectivity index (χ0n) is 16.8. The molecule has 0 fully saturated rings. The Morgan fingerprint density at radius 3 is 1.31 bits per heavy atom. The fraction of sp³-hybridized carbons (Fsp3) is 0.0909. The first-order valence-electron chi connectivity index (χ1n) is 9.16. The van der Waals surface area contributed by atoms with Crippen molar-refractivity contribution in [3.63, 3.8) is 0 Å². The number of fused-ring (bicyclic) bond motifs is 2. The maximum Gasteiger partial charge on any atom is 0.298 e. The maximum absolute atomic E-state index is 13.1. The van der Waals surface area contributed by atoms with Crippen LogP contribution in [-0.4, -0.2) is 31.1 Å². The molecule has 166 valence electrons. The van der Waals surface area contributed by atoms with E-state index in [9.17, 15) is 16.8 Å². The van der Waals surface area contributed by atoms with Gasteiger partial charge in [-0.05, 0) is 65.5 Å². The SMILES string of the molecule is COS(=O)(=O)c1c(Br)cc2ccccc2c1-c1c(S(=O)(=O)OC)c(Br)cc2ccccc12. The molecule has 10 heteroatoms. The van der Waals surface area contributed by atoms with E-state index in [1.54, 1.807) is 36.4 Å². The second-order valence-corrected chi connectivity index (χ2v) is 11.8. The first-order chi connectivity index (χ1) is 15.1. The third kappa shape index (κ3) is 3.78. The Bertz CT molecular complexity index is 1480. The Morgan fingerprint density at radius 1 is 0.625 bits per heavy atom. The van der Waals surface area contributed by atoms with E-state index < -0.39 is 20.2 Å². The summed E-state index contributed by atoms with van der Waals surface area (Å²) >= 11 is 6.73. The molecule has 0 aromatic heterocycles. The second-order valence-electron chi connectivity index (χ2n) is 6.81. The standard InChI is InChI=1S/C22H16Br2O6S2/c1-29-31(25,26)21-17(23)11-13-7-3-5-9-15(13)19(21)20-16-10-6-4-8-14(16)12-18(24)22(20)32(27,28)30-2/h3-12H,1-2H3. The summed E-state index contributed by atoms with van der Waals surface area (Å²) in [7, 11) is -6.37. The molecule has 0 heterocycles. The Balaban J connectivity index is 2.41. The van der Waals surface area contributed by atoms with Crippen LogP contribution in [0.5, 0.6) is 0 Å². The average Bonchev–Trinajstić information content (AvgIpc) is 2.77. The fourth-order valence-corrected chi connectivity index (χ4v) is 7.67. The van der Waals surface area contributed by atoms with E-state index in [1.807, 2.05) is 24.3 Å². The van der Waals surface area contributed by atoms with Crippen LogP contribution in [0.3, 0.4) is 0 Å². The average molecular weight is 600 g/mol. The van der Waals surface area contributed by atoms with Crippen LogP contribution in [0, 0.1) is 0 Å². The Kier molecular flexibility index (Phi) is 6.21. The summed E-state index contributed by atoms with van der Waals surface area (Å²) in [4.78, 5) is -0.344. The molecular formula is C22H16Br2O6S2. The van der Waals surface area contributed by atoms with Gasteiger partial charge in [0.2, 0.25) is 0 Å². The molecule has 6 nitrogen and oxygen atoms in total. The lowest BCUT2D eigenvalue weighted by Gasteiger charge is -2.20. The summed E-state index contributed by atoms with van der Waals surface area (Å²) in [6, 6.07) is 17.6. The van der Waals surface area contributed by atoms with E-state index in [1.165, 1.54) is 0 Å². The van der Waals surface area contributed by atoms with Gasteiger partial charge in [-0.1, -0.05) is 48.5 Å². The van der Waals surface area contributed by atoms with Crippen LogP contribution in [0.2, 0.25) is 0 Å². The van der Waals surface area contributed by atoms with E-state index >= 15 is 0 Å². The summed E-state index contributed by atoms with van der Waals surface area (Å²) in [5, 5.41) is 2.52. The lowest BCUT2D eigenvalue weighted by molar-refractivity contribution is 0.396. The number of halogens is 2. The largest absolute Gasteiger partial charge is 0.298 e. The topological polar surface area (TPSA) is 86.7 Å². The van der Waals surface area contributed by atoms with Crippen molar-refractivity contribution in [3.05, 3.63) is 69.6 Å². The molecule has 0 atom stereocenters. The Morgan fingerprint density at radius 2 is 0.969 bits per heavy atom. The molecule has 4 aromatic carbocycles. The molecular weight excluding hydrogens is 584 g/mol. The van der Waals surface area contributed by atoms with E-state index in [0.717, 1.165) is 14.2 Å². The lowest BCUT2D eigenvalue weighted by atomic mass is 9.93. The first-order valence-corrected chi connectivity index (χ1v) is 13.6. The minimum Gasteiger partial charge on any atom is -0.270 e. The lowest BCUT2D eigenvalue weighted by Crippen LogP contribution is -2.11. The van der Waals surface area contributed by atoms with Crippen molar-refractivity contribution in [2.45, 2.75) is 9.79 Å². The number of benzene rings is 4. The van der Waals surface area contributed by atoms with Crippen molar-refractivity contribution < 1.29 is 25.2 Å². The molecule has 0 radical (unpaired) electrons. The van der Waals surface area contributed by atoms with Crippen molar-refractivity contribution in [2.75, 3.05) is 14.2 Å². The molecule has 0 spiro atoms. The molecule has 0 unspecified atom stereocenters. The van der Waals surface area contributed by atoms with Gasteiger partial charge in [0.15, 0.2) is 0 Å². The van der Waals surface area contributed by atoms with Crippen molar-refractivity contribution in [1.82, 2.24) is 0 Å². The molecule has 0 N–H and O–H groups in total. The van der Waals surface area contributed by atoms with Crippen LogP contribution in [0.15, 0.2) is 79.4 Å². The van der Waals surface area contributed by atoms with Crippen LogP contribution >= 0.6 is 31.9 Å². The van der Waals surface area contributed by atoms with Gasteiger partial charge in [0, 0.05) is 20.1 Å². The normalized spacial score (nSPS) is 12.5. The second kappa shape index (κ2) is 8.51. The van der Waals surface area contributed by atoms with Crippen molar-refractivity contribution in [2.24, 2.45) is 0 Å². The molecule has 0 bridgehead atoms. The predicted octanol–water partition coefficient (Wildman–Crippen LogP) is 5.86. The monoisotopic (exact) mass is 598 g/mol. The van der Waals surface area contributed by atoms with Gasteiger partial charge in [0.25, 0.3) is 20.2 Å². The van der Waals surface area contributed by atoms with Gasteiger partial charge in [0.1, 0.15) is 9.79 Å². The quantitative estimate of drug-likeness (QED) is 0.267. The van der Waals surface area contributed by atoms with Crippen LogP contribution in [0.1, 0.15) is 0 Å². The van der Waals surface area contributed by atoms with Crippen molar-refractivity contribution in [3.8, 4) is 11.1 Å². The molecule has 0 aliphatic carbocycles. The van der Waals surface area contributed by atoms with E-state index in [4.69, 9.17) is 8.37 Å². The van der Waals surface area contributed by atoms with Crippen molar-refractivity contribution in [1.29, 1.82) is 0 Å². The van der Waals surface area contributed by atoms with Gasteiger partial charge in [-0.25, -0.2) is 0 Å². The van der Waals surface area contributed by atoms with Gasteiger partial charge in [-0.15, -0.1) is 0 Å². The van der Waals surface area contributed by atoms with Gasteiger partial charge in [-0.3, -0.25) is 8.37 Å². The molecule has 0 aliphatic rings. The number of rotatable bonds is 5. The van der Waals surface area contributed by atoms with E-state index in [0.29, 0.717) is 21.5 Å². The maximum atomic E-state index is 13.1. The summed E-state index contributed by atoms with van der Waals surface area (Å²) in [6.07, 6.45) is 0. The van der Waals surface area contributed by atoms with E-state index in [2.05, 4.69) is 31.9 Å². The Labute approximate surface area is 202 Å². The highest BCUT2D eigenvalue weighted by molar-refractivity contribution is 9.10. The van der Waals surface area contributed by atoms with E-state index in [-0.39, 0.29) is 29.9 Å². The minimum absolute atomic E-state index is 0.172. The van der Waals surface area contributed by atoms with Crippen molar-refractivity contribution >= 4 is 73.6 Å². The molecule has 32 heavy (non-hydrogen) atoms. The molecule has 0 saturated carbocycles. The minimum atomic E-state index is -4.25. The highest BCUT2D eigenvalue weighted by Crippen LogP contribution is 2.47. The zero-order valence-corrected chi connectivity index (χ0v) is 21.6. The highest BCUT2D eigenvalue weighted by Gasteiger charge is 2.32. The molecule has 4 aromatic rings. The fourth-order valence-electron chi connectivity index (χ4n) is 3.74. The summed E-state index contributed by atoms with van der Waals surface area (Å²) in [6.45, 7) is 0. The van der Waals surface area contributed by atoms with Crippen LogP contribution in [-0.2, 0) is 28.6 Å². The molecule has 0 amide bonds. The molecule has 4 rings (SSSR count). The van der Waals surface area contributed by atoms with Crippen LogP contribution in [0.25, 0.3) is 32.7 Å². The van der Waals surface area contributed by atoms with Crippen LogP contribution in [0.4, 0.5) is 0 Å². The third-order valence-corrected chi connectivity index (χ3v) is 9.60. The van der Waals surface area contributed by atoms with Gasteiger partial charge >= 0.3 is 0 Å². The van der Waals surface area contributed by atoms with Crippen LogP contribution < -0.4 is 0 Å². The number of hydrogen-bond acceptors (Lipinski definition) is 6. The van der Waals surface area contributed by atoms with Gasteiger partial charge < -0.3 is 0 Å². The Hall–Kier alpha value is -1.82. The summed E-state index contributed by atoms with van der Waals surface area (Å²) in [5.74, 6) is 0. The molecule has 0 aliphatic heterocycles.